The maximum Gasteiger partial charge on any atom is 0.269 e. The van der Waals surface area contributed by atoms with E-state index in [-0.39, 0.29) is 10.6 Å². The Morgan fingerprint density at radius 1 is 1.14 bits per heavy atom. The Morgan fingerprint density at radius 3 is 2.75 bits per heavy atom. The molecule has 0 radical (unpaired) electrons. The van der Waals surface area contributed by atoms with Crippen LogP contribution < -0.4 is 0 Å². The zero-order valence-corrected chi connectivity index (χ0v) is 17.2. The number of nitrogens with zero attached hydrogens (tertiary/aromatic N) is 4. The van der Waals surface area contributed by atoms with Crippen LogP contribution in [0.25, 0.3) is 20.5 Å². The molecule has 3 aromatic heterocycles. The Kier molecular flexibility index (Phi) is 5.47. The quantitative estimate of drug-likeness (QED) is 0.219. The van der Waals surface area contributed by atoms with Gasteiger partial charge < -0.3 is 0 Å². The van der Waals surface area contributed by atoms with Gasteiger partial charge in [-0.15, -0.1) is 32.9 Å². The highest BCUT2D eigenvalue weighted by Crippen LogP contribution is 2.36. The lowest BCUT2D eigenvalue weighted by atomic mass is 10.2. The van der Waals surface area contributed by atoms with E-state index in [1.54, 1.807) is 34.8 Å². The van der Waals surface area contributed by atoms with E-state index in [4.69, 9.17) is 0 Å². The van der Waals surface area contributed by atoms with Crippen molar-refractivity contribution in [2.45, 2.75) is 17.7 Å². The summed E-state index contributed by atoms with van der Waals surface area (Å²) in [6.07, 6.45) is 0. The van der Waals surface area contributed by atoms with Gasteiger partial charge in [0.05, 0.1) is 20.4 Å². The summed E-state index contributed by atoms with van der Waals surface area (Å²) in [5.74, 6) is 0.595. The number of hydrogen-bond donors (Lipinski definition) is 0. The molecule has 0 fully saturated rings. The number of non-ortho nitro benzene ring substituents is 1. The van der Waals surface area contributed by atoms with Crippen LogP contribution in [0.5, 0.6) is 0 Å². The molecule has 0 bridgehead atoms. The maximum absolute atomic E-state index is 10.9. The normalized spacial score (nSPS) is 10.9. The molecule has 0 saturated heterocycles. The number of thiophene rings is 1. The van der Waals surface area contributed by atoms with Crippen LogP contribution in [0.15, 0.2) is 58.9 Å². The number of hydrogen-bond acceptors (Lipinski definition) is 8. The van der Waals surface area contributed by atoms with Crippen molar-refractivity contribution in [2.75, 3.05) is 0 Å². The number of aryl methyl sites for hydroxylation is 1. The fraction of sp³-hybridized carbons (Fsp3) is 0.105. The van der Waals surface area contributed by atoms with Crippen molar-refractivity contribution in [1.82, 2.24) is 15.2 Å². The highest BCUT2D eigenvalue weighted by Gasteiger charge is 2.14. The predicted octanol–water partition coefficient (Wildman–Crippen LogP) is 5.84. The first kappa shape index (κ1) is 18.7. The summed E-state index contributed by atoms with van der Waals surface area (Å²) in [5.41, 5.74) is 2.72. The zero-order valence-electron chi connectivity index (χ0n) is 14.7. The molecule has 0 N–H and O–H groups in total. The minimum atomic E-state index is -0.384. The van der Waals surface area contributed by atoms with Gasteiger partial charge in [0.1, 0.15) is 15.7 Å². The van der Waals surface area contributed by atoms with Crippen molar-refractivity contribution in [1.29, 1.82) is 0 Å². The topological polar surface area (TPSA) is 81.8 Å². The SMILES string of the molecule is Cc1nc(-c2cccs2)sc1-c1ccc(SCc2cccc([N+](=O)[O-])c2)nn1. The molecule has 28 heavy (non-hydrogen) atoms. The van der Waals surface area contributed by atoms with E-state index in [9.17, 15) is 10.1 Å². The number of rotatable bonds is 6. The number of nitro benzene ring substituents is 1. The monoisotopic (exact) mass is 426 g/mol. The average molecular weight is 427 g/mol. The first-order valence-electron chi connectivity index (χ1n) is 8.32. The van der Waals surface area contributed by atoms with Gasteiger partial charge in [-0.25, -0.2) is 4.98 Å². The van der Waals surface area contributed by atoms with Crippen LogP contribution in [0.3, 0.4) is 0 Å². The number of aromatic nitrogens is 3. The van der Waals surface area contributed by atoms with Crippen LogP contribution in [0, 0.1) is 17.0 Å². The maximum atomic E-state index is 10.9. The summed E-state index contributed by atoms with van der Waals surface area (Å²) in [6, 6.07) is 14.6. The molecule has 9 heteroatoms. The van der Waals surface area contributed by atoms with Crippen molar-refractivity contribution in [3.05, 3.63) is 75.3 Å². The lowest BCUT2D eigenvalue weighted by Gasteiger charge is -2.02. The highest BCUT2D eigenvalue weighted by atomic mass is 32.2. The molecular weight excluding hydrogens is 412 g/mol. The Morgan fingerprint density at radius 2 is 2.04 bits per heavy atom. The molecule has 3 heterocycles. The van der Waals surface area contributed by atoms with E-state index in [0.29, 0.717) is 5.75 Å². The van der Waals surface area contributed by atoms with E-state index in [0.717, 1.165) is 36.7 Å². The molecule has 1 aromatic carbocycles. The van der Waals surface area contributed by atoms with Crippen LogP contribution in [0.1, 0.15) is 11.3 Å². The van der Waals surface area contributed by atoms with Crippen molar-refractivity contribution in [2.24, 2.45) is 0 Å². The van der Waals surface area contributed by atoms with Crippen LogP contribution in [-0.2, 0) is 5.75 Å². The zero-order chi connectivity index (χ0) is 19.5. The molecule has 140 valence electrons. The summed E-state index contributed by atoms with van der Waals surface area (Å²) in [6.45, 7) is 1.98. The van der Waals surface area contributed by atoms with Gasteiger partial charge in [0.2, 0.25) is 0 Å². The molecule has 0 amide bonds. The first-order chi connectivity index (χ1) is 13.6. The van der Waals surface area contributed by atoms with Gasteiger partial charge in [-0.3, -0.25) is 10.1 Å². The fourth-order valence-corrected chi connectivity index (χ4v) is 5.16. The van der Waals surface area contributed by atoms with Gasteiger partial charge in [-0.2, -0.15) is 0 Å². The average Bonchev–Trinajstić information content (AvgIpc) is 3.37. The summed E-state index contributed by atoms with van der Waals surface area (Å²) in [7, 11) is 0. The fourth-order valence-electron chi connectivity index (χ4n) is 2.57. The third kappa shape index (κ3) is 4.11. The number of benzene rings is 1. The van der Waals surface area contributed by atoms with Gasteiger partial charge in [0.25, 0.3) is 5.69 Å². The van der Waals surface area contributed by atoms with Gasteiger partial charge in [0.15, 0.2) is 0 Å². The lowest BCUT2D eigenvalue weighted by Crippen LogP contribution is -1.91. The van der Waals surface area contributed by atoms with Crippen molar-refractivity contribution in [3.63, 3.8) is 0 Å². The minimum Gasteiger partial charge on any atom is -0.258 e. The van der Waals surface area contributed by atoms with Crippen LogP contribution in [0.2, 0.25) is 0 Å². The second-order valence-corrected chi connectivity index (χ2v) is 8.83. The number of nitro groups is 1. The molecule has 0 spiro atoms. The Balaban J connectivity index is 1.47. The van der Waals surface area contributed by atoms with Gasteiger partial charge in [-0.05, 0) is 36.1 Å². The standard InChI is InChI=1S/C19H14N4O2S3/c1-12-18(28-19(20-12)16-6-3-9-26-16)15-7-8-17(22-21-15)27-11-13-4-2-5-14(10-13)23(24)25/h2-10H,11H2,1H3. The third-order valence-electron chi connectivity index (χ3n) is 3.91. The number of thiazole rings is 1. The van der Waals surface area contributed by atoms with Gasteiger partial charge in [-0.1, -0.05) is 30.0 Å². The van der Waals surface area contributed by atoms with Crippen LogP contribution >= 0.6 is 34.4 Å². The molecule has 0 aliphatic carbocycles. The largest absolute Gasteiger partial charge is 0.269 e. The first-order valence-corrected chi connectivity index (χ1v) is 11.0. The number of thioether (sulfide) groups is 1. The Bertz CT molecular complexity index is 1110. The van der Waals surface area contributed by atoms with Crippen molar-refractivity contribution < 1.29 is 4.92 Å². The lowest BCUT2D eigenvalue weighted by molar-refractivity contribution is -0.384. The van der Waals surface area contributed by atoms with E-state index >= 15 is 0 Å². The van der Waals surface area contributed by atoms with Crippen LogP contribution in [0.4, 0.5) is 5.69 Å². The second-order valence-electron chi connectivity index (χ2n) is 5.88. The Labute approximate surface area is 173 Å². The second kappa shape index (κ2) is 8.17. The van der Waals surface area contributed by atoms with Gasteiger partial charge in [0, 0.05) is 17.9 Å². The van der Waals surface area contributed by atoms with E-state index in [1.165, 1.54) is 17.8 Å². The molecule has 4 aromatic rings. The van der Waals surface area contributed by atoms with Crippen molar-refractivity contribution >= 4 is 40.1 Å². The predicted molar refractivity (Wildman–Crippen MR) is 114 cm³/mol. The summed E-state index contributed by atoms with van der Waals surface area (Å²) in [5, 5.41) is 23.3. The van der Waals surface area contributed by atoms with Crippen molar-refractivity contribution in [3.8, 4) is 20.5 Å². The van der Waals surface area contributed by atoms with E-state index in [1.807, 2.05) is 36.6 Å². The minimum absolute atomic E-state index is 0.0988. The van der Waals surface area contributed by atoms with E-state index in [2.05, 4.69) is 21.2 Å². The summed E-state index contributed by atoms with van der Waals surface area (Å²) in [4.78, 5) is 17.3. The molecule has 0 aliphatic heterocycles. The van der Waals surface area contributed by atoms with E-state index < -0.39 is 0 Å². The van der Waals surface area contributed by atoms with Gasteiger partial charge >= 0.3 is 0 Å². The molecule has 0 aliphatic rings. The Hall–Kier alpha value is -2.62. The molecule has 4 rings (SSSR count). The molecular formula is C19H14N4O2S3. The molecule has 0 unspecified atom stereocenters. The molecule has 0 saturated carbocycles. The summed E-state index contributed by atoms with van der Waals surface area (Å²) >= 11 is 4.78. The molecule has 0 atom stereocenters. The smallest absolute Gasteiger partial charge is 0.258 e. The third-order valence-corrected chi connectivity index (χ3v) is 7.12. The highest BCUT2D eigenvalue weighted by molar-refractivity contribution is 7.98. The van der Waals surface area contributed by atoms with Crippen LogP contribution in [-0.4, -0.2) is 20.1 Å². The summed E-state index contributed by atoms with van der Waals surface area (Å²) < 4.78 is 0. The molecule has 6 nitrogen and oxygen atoms in total.